The molecule has 0 radical (unpaired) electrons. The second-order valence-corrected chi connectivity index (χ2v) is 8.87. The first kappa shape index (κ1) is 21.4. The number of fused-ring (bicyclic) bond motifs is 3. The summed E-state index contributed by atoms with van der Waals surface area (Å²) in [5, 5.41) is 20.0. The molecule has 5 aromatic rings. The number of nitrogens with zero attached hydrogens (tertiary/aromatic N) is 7. The molecule has 6 heterocycles. The summed E-state index contributed by atoms with van der Waals surface area (Å²) in [5.74, 6) is 0.767. The summed E-state index contributed by atoms with van der Waals surface area (Å²) < 4.78 is 13.5. The molecule has 178 valence electrons. The van der Waals surface area contributed by atoms with E-state index in [9.17, 15) is 9.90 Å². The minimum Gasteiger partial charge on any atom is -0.461 e. The van der Waals surface area contributed by atoms with Crippen molar-refractivity contribution < 1.29 is 19.1 Å². The average molecular weight is 474 g/mol. The number of furan rings is 1. The van der Waals surface area contributed by atoms with Crippen LogP contribution in [0.5, 0.6) is 0 Å². The molecule has 6 rings (SSSR count). The maximum absolute atomic E-state index is 13.8. The van der Waals surface area contributed by atoms with Crippen LogP contribution in [0.25, 0.3) is 28.3 Å². The summed E-state index contributed by atoms with van der Waals surface area (Å²) >= 11 is 0. The van der Waals surface area contributed by atoms with Crippen LogP contribution in [0.3, 0.4) is 0 Å². The first-order chi connectivity index (χ1) is 16.9. The number of nitrogen functional groups attached to an aromatic ring is 1. The van der Waals surface area contributed by atoms with Crippen molar-refractivity contribution in [3.63, 3.8) is 0 Å². The highest BCUT2D eigenvalue weighted by atomic mass is 16.5. The first-order valence-corrected chi connectivity index (χ1v) is 11.1. The lowest BCUT2D eigenvalue weighted by molar-refractivity contribution is -0.182. The number of rotatable bonds is 7. The third-order valence-corrected chi connectivity index (χ3v) is 6.52. The van der Waals surface area contributed by atoms with Gasteiger partial charge in [-0.05, 0) is 31.5 Å². The van der Waals surface area contributed by atoms with Gasteiger partial charge >= 0.3 is 0 Å². The van der Waals surface area contributed by atoms with Crippen LogP contribution >= 0.6 is 0 Å². The molecule has 0 aliphatic carbocycles. The van der Waals surface area contributed by atoms with Crippen molar-refractivity contribution in [2.75, 3.05) is 18.9 Å². The van der Waals surface area contributed by atoms with E-state index in [1.54, 1.807) is 48.4 Å². The maximum atomic E-state index is 13.8. The zero-order valence-corrected chi connectivity index (χ0v) is 18.8. The predicted octanol–water partition coefficient (Wildman–Crippen LogP) is 1.59. The van der Waals surface area contributed by atoms with Crippen molar-refractivity contribution in [1.29, 1.82) is 0 Å². The fourth-order valence-electron chi connectivity index (χ4n) is 4.37. The van der Waals surface area contributed by atoms with Crippen molar-refractivity contribution >= 4 is 28.4 Å². The number of ether oxygens (including phenoxy) is 1. The minimum atomic E-state index is -1.27. The molecule has 0 spiro atoms. The average Bonchev–Trinajstić information content (AvgIpc) is 3.60. The Balaban J connectivity index is 1.50. The Bertz CT molecular complexity index is 1540. The highest BCUT2D eigenvalue weighted by Gasteiger charge is 2.43. The lowest BCUT2D eigenvalue weighted by Gasteiger charge is -2.37. The number of nitrogens with two attached hydrogens (primary N) is 1. The Labute approximate surface area is 198 Å². The predicted molar refractivity (Wildman–Crippen MR) is 123 cm³/mol. The van der Waals surface area contributed by atoms with Crippen molar-refractivity contribution in [3.8, 4) is 11.6 Å². The lowest BCUT2D eigenvalue weighted by atomic mass is 9.83. The van der Waals surface area contributed by atoms with Gasteiger partial charge in [-0.1, -0.05) is 6.07 Å². The monoisotopic (exact) mass is 474 g/mol. The number of hydrogen-bond acceptors (Lipinski definition) is 10. The van der Waals surface area contributed by atoms with E-state index in [4.69, 9.17) is 14.9 Å². The van der Waals surface area contributed by atoms with Gasteiger partial charge in [-0.2, -0.15) is 14.6 Å². The summed E-state index contributed by atoms with van der Waals surface area (Å²) in [4.78, 5) is 27.1. The Kier molecular flexibility index (Phi) is 4.69. The van der Waals surface area contributed by atoms with Crippen LogP contribution < -0.4 is 5.73 Å². The Morgan fingerprint density at radius 3 is 2.77 bits per heavy atom. The summed E-state index contributed by atoms with van der Waals surface area (Å²) in [6.45, 7) is 2.20. The number of carbonyl (C=O) groups excluding carboxylic acids is 1. The van der Waals surface area contributed by atoms with Crippen LogP contribution in [-0.4, -0.2) is 64.1 Å². The molecule has 1 fully saturated rings. The molecule has 1 aliphatic rings. The van der Waals surface area contributed by atoms with E-state index >= 15 is 0 Å². The SMILES string of the molecule is CC(C(=O)CCC1(O)COC1)(c1cccnc1)n1ncc2c1nc(N)n1nc(-c3ccco3)nc21. The van der Waals surface area contributed by atoms with E-state index in [0.717, 1.165) is 0 Å². The first-order valence-electron chi connectivity index (χ1n) is 11.1. The molecule has 0 amide bonds. The van der Waals surface area contributed by atoms with E-state index in [0.29, 0.717) is 33.8 Å². The Hall–Kier alpha value is -4.16. The largest absolute Gasteiger partial charge is 0.461 e. The minimum absolute atomic E-state index is 0.0847. The van der Waals surface area contributed by atoms with Gasteiger partial charge < -0.3 is 20.0 Å². The topological polar surface area (TPSA) is 159 Å². The smallest absolute Gasteiger partial charge is 0.225 e. The Morgan fingerprint density at radius 1 is 1.23 bits per heavy atom. The lowest BCUT2D eigenvalue weighted by Crippen LogP contribution is -2.50. The summed E-state index contributed by atoms with van der Waals surface area (Å²) in [5.41, 5.74) is 5.44. The van der Waals surface area contributed by atoms with Crippen molar-refractivity contribution in [1.82, 2.24) is 34.3 Å². The van der Waals surface area contributed by atoms with E-state index in [-0.39, 0.29) is 37.8 Å². The van der Waals surface area contributed by atoms with E-state index < -0.39 is 11.1 Å². The van der Waals surface area contributed by atoms with Gasteiger partial charge in [0.2, 0.25) is 11.8 Å². The third kappa shape index (κ3) is 3.29. The molecule has 5 aromatic heterocycles. The van der Waals surface area contributed by atoms with E-state index in [1.807, 2.05) is 6.07 Å². The van der Waals surface area contributed by atoms with Gasteiger partial charge in [-0.15, -0.1) is 5.10 Å². The van der Waals surface area contributed by atoms with Gasteiger partial charge in [-0.3, -0.25) is 9.78 Å². The third-order valence-electron chi connectivity index (χ3n) is 6.52. The van der Waals surface area contributed by atoms with Crippen LogP contribution in [0, 0.1) is 0 Å². The summed E-state index contributed by atoms with van der Waals surface area (Å²) in [7, 11) is 0. The number of carbonyl (C=O) groups is 1. The number of aliphatic hydroxyl groups is 1. The highest BCUT2D eigenvalue weighted by Crippen LogP contribution is 2.34. The van der Waals surface area contributed by atoms with Crippen LogP contribution in [0.15, 0.2) is 53.5 Å². The van der Waals surface area contributed by atoms with Gasteiger partial charge in [0.05, 0.1) is 31.1 Å². The number of ketones is 1. The molecule has 3 N–H and O–H groups in total. The molecule has 35 heavy (non-hydrogen) atoms. The number of pyridine rings is 1. The molecule has 1 aliphatic heterocycles. The van der Waals surface area contributed by atoms with Crippen LogP contribution in [0.2, 0.25) is 0 Å². The van der Waals surface area contributed by atoms with Gasteiger partial charge in [0.25, 0.3) is 0 Å². The second-order valence-electron chi connectivity index (χ2n) is 8.87. The fraction of sp³-hybridized carbons (Fsp3) is 0.304. The summed E-state index contributed by atoms with van der Waals surface area (Å²) in [6, 6.07) is 7.06. The molecule has 12 nitrogen and oxygen atoms in total. The van der Waals surface area contributed by atoms with Crippen molar-refractivity contribution in [3.05, 3.63) is 54.7 Å². The van der Waals surface area contributed by atoms with Gasteiger partial charge in [0, 0.05) is 24.4 Å². The molecule has 0 aromatic carbocycles. The number of anilines is 1. The van der Waals surface area contributed by atoms with Crippen LogP contribution in [0.1, 0.15) is 25.3 Å². The molecule has 1 atom stereocenters. The fourth-order valence-corrected chi connectivity index (χ4v) is 4.37. The zero-order chi connectivity index (χ0) is 24.2. The van der Waals surface area contributed by atoms with Gasteiger partial charge in [0.1, 0.15) is 11.1 Å². The summed E-state index contributed by atoms with van der Waals surface area (Å²) in [6.07, 6.45) is 6.77. The second kappa shape index (κ2) is 7.68. The van der Waals surface area contributed by atoms with E-state index in [2.05, 4.69) is 25.1 Å². The van der Waals surface area contributed by atoms with Crippen LogP contribution in [0.4, 0.5) is 5.95 Å². The number of hydrogen-bond donors (Lipinski definition) is 2. The van der Waals surface area contributed by atoms with Crippen LogP contribution in [-0.2, 0) is 15.1 Å². The van der Waals surface area contributed by atoms with Crippen molar-refractivity contribution in [2.24, 2.45) is 0 Å². The molecule has 12 heteroatoms. The van der Waals surface area contributed by atoms with Crippen molar-refractivity contribution in [2.45, 2.75) is 30.9 Å². The molecule has 0 bridgehead atoms. The highest BCUT2D eigenvalue weighted by molar-refractivity contribution is 5.95. The number of aromatic nitrogens is 7. The maximum Gasteiger partial charge on any atom is 0.225 e. The molecule has 1 saturated heterocycles. The quantitative estimate of drug-likeness (QED) is 0.354. The standard InChI is InChI=1S/C23H22N8O4/c1-22(14-4-2-8-25-10-14,17(32)6-7-23(33)12-34-13-23)31-20-15(11-26-31)19-27-18(16-5-3-9-35-16)29-30(19)21(24)28-20/h2-5,8-11,33H,6-7,12-13H2,1H3,(H2,24,28). The normalized spacial score (nSPS) is 16.9. The van der Waals surface area contributed by atoms with E-state index in [1.165, 1.54) is 10.8 Å². The Morgan fingerprint density at radius 2 is 2.09 bits per heavy atom. The molecule has 0 saturated carbocycles. The molecule has 1 unspecified atom stereocenters. The number of Topliss-reactive ketones (excluding diaryl/α,β-unsaturated/α-hetero) is 1. The van der Waals surface area contributed by atoms with Gasteiger partial charge in [0.15, 0.2) is 22.8 Å². The molecular weight excluding hydrogens is 452 g/mol. The molecular formula is C23H22N8O4. The zero-order valence-electron chi connectivity index (χ0n) is 18.8. The van der Waals surface area contributed by atoms with Gasteiger partial charge in [-0.25, -0.2) is 9.67 Å².